The van der Waals surface area contributed by atoms with Gasteiger partial charge in [-0.25, -0.2) is 0 Å². The normalized spacial score (nSPS) is 9.43. The Kier molecular flexibility index (Phi) is 2.92. The number of nitrogens with zero attached hydrogens (tertiary/aromatic N) is 3. The smallest absolute Gasteiger partial charge is 0.134 e. The lowest BCUT2D eigenvalue weighted by molar-refractivity contribution is 0.440. The van der Waals surface area contributed by atoms with Crippen molar-refractivity contribution in [2.24, 2.45) is 10.1 Å². The topological polar surface area (TPSA) is 28.0 Å². The largest absolute Gasteiger partial charge is 0.302 e. The zero-order valence-electron chi connectivity index (χ0n) is 4.63. The second kappa shape index (κ2) is 3.33. The Morgan fingerprint density at radius 1 is 1.57 bits per heavy atom. The van der Waals surface area contributed by atoms with Crippen molar-refractivity contribution in [1.29, 1.82) is 0 Å². The molecule has 0 aliphatic carbocycles. The summed E-state index contributed by atoms with van der Waals surface area (Å²) in [5.74, 6) is 0. The predicted octanol–water partition coefficient (Wildman–Crippen LogP) is 0.192. The Hall–Kier alpha value is -0.860. The first-order chi connectivity index (χ1) is 3.27. The quantitative estimate of drug-likeness (QED) is 0.276. The SMILES string of the molecule is C=N/C=N\N(C)C. The van der Waals surface area contributed by atoms with Gasteiger partial charge in [0.05, 0.1) is 0 Å². The number of rotatable bonds is 2. The number of hydrogen-bond acceptors (Lipinski definition) is 2. The third kappa shape index (κ3) is 5.14. The van der Waals surface area contributed by atoms with Gasteiger partial charge in [-0.15, -0.1) is 0 Å². The first-order valence-electron chi connectivity index (χ1n) is 1.93. The molecule has 7 heavy (non-hydrogen) atoms. The zero-order chi connectivity index (χ0) is 5.70. The van der Waals surface area contributed by atoms with Crippen LogP contribution in [0.25, 0.3) is 0 Å². The summed E-state index contributed by atoms with van der Waals surface area (Å²) < 4.78 is 0. The predicted molar refractivity (Wildman–Crippen MR) is 31.7 cm³/mol. The molecule has 0 atom stereocenters. The van der Waals surface area contributed by atoms with Crippen molar-refractivity contribution in [3.8, 4) is 0 Å². The Morgan fingerprint density at radius 2 is 2.14 bits per heavy atom. The maximum atomic E-state index is 3.72. The minimum Gasteiger partial charge on any atom is -0.302 e. The molecule has 0 aliphatic heterocycles. The fraction of sp³-hybridized carbons (Fsp3) is 0.500. The third-order valence-electron chi connectivity index (χ3n) is 0.364. The van der Waals surface area contributed by atoms with Crippen LogP contribution in [0.3, 0.4) is 0 Å². The summed E-state index contributed by atoms with van der Waals surface area (Å²) >= 11 is 0. The third-order valence-corrected chi connectivity index (χ3v) is 0.364. The van der Waals surface area contributed by atoms with Crippen LogP contribution >= 0.6 is 0 Å². The Balaban J connectivity index is 3.25. The molecule has 0 N–H and O–H groups in total. The van der Waals surface area contributed by atoms with Crippen molar-refractivity contribution < 1.29 is 0 Å². The molecule has 0 fully saturated rings. The molecule has 0 heterocycles. The van der Waals surface area contributed by atoms with Gasteiger partial charge in [0, 0.05) is 14.1 Å². The second-order valence-electron chi connectivity index (χ2n) is 1.26. The average molecular weight is 99.1 g/mol. The molecule has 0 spiro atoms. The maximum Gasteiger partial charge on any atom is 0.134 e. The van der Waals surface area contributed by atoms with E-state index in [1.165, 1.54) is 6.34 Å². The summed E-state index contributed by atoms with van der Waals surface area (Å²) in [5.41, 5.74) is 0. The van der Waals surface area contributed by atoms with Crippen LogP contribution in [0.4, 0.5) is 0 Å². The highest BCUT2D eigenvalue weighted by atomic mass is 15.4. The van der Waals surface area contributed by atoms with Crippen molar-refractivity contribution in [3.63, 3.8) is 0 Å². The highest BCUT2D eigenvalue weighted by Crippen LogP contribution is 1.68. The van der Waals surface area contributed by atoms with E-state index in [1.807, 2.05) is 14.1 Å². The van der Waals surface area contributed by atoms with Gasteiger partial charge in [0.15, 0.2) is 0 Å². The van der Waals surface area contributed by atoms with E-state index in [1.54, 1.807) is 5.01 Å². The van der Waals surface area contributed by atoms with Crippen LogP contribution in [0, 0.1) is 0 Å². The Labute approximate surface area is 43.4 Å². The van der Waals surface area contributed by atoms with E-state index in [2.05, 4.69) is 16.8 Å². The lowest BCUT2D eigenvalue weighted by Crippen LogP contribution is -2.00. The van der Waals surface area contributed by atoms with Crippen LogP contribution in [-0.2, 0) is 0 Å². The van der Waals surface area contributed by atoms with Gasteiger partial charge in [-0.2, -0.15) is 5.10 Å². The van der Waals surface area contributed by atoms with Gasteiger partial charge in [-0.1, -0.05) is 0 Å². The fourth-order valence-electron chi connectivity index (χ4n) is 0.140. The zero-order valence-corrected chi connectivity index (χ0v) is 4.63. The van der Waals surface area contributed by atoms with Gasteiger partial charge in [-0.3, -0.25) is 4.99 Å². The van der Waals surface area contributed by atoms with Crippen LogP contribution in [0.2, 0.25) is 0 Å². The van der Waals surface area contributed by atoms with Gasteiger partial charge in [0.1, 0.15) is 6.34 Å². The summed E-state index contributed by atoms with van der Waals surface area (Å²) in [7, 11) is 3.64. The minimum absolute atomic E-state index is 1.39. The molecule has 3 nitrogen and oxygen atoms in total. The summed E-state index contributed by atoms with van der Waals surface area (Å²) in [6, 6.07) is 0. The first kappa shape index (κ1) is 6.14. The van der Waals surface area contributed by atoms with E-state index in [9.17, 15) is 0 Å². The monoisotopic (exact) mass is 99.1 g/mol. The molecule has 0 aromatic rings. The van der Waals surface area contributed by atoms with Gasteiger partial charge < -0.3 is 5.01 Å². The molecule has 0 unspecified atom stereocenters. The van der Waals surface area contributed by atoms with Crippen LogP contribution in [0.1, 0.15) is 0 Å². The van der Waals surface area contributed by atoms with Crippen molar-refractivity contribution in [2.75, 3.05) is 14.1 Å². The summed E-state index contributed by atoms with van der Waals surface area (Å²) in [6.07, 6.45) is 1.39. The van der Waals surface area contributed by atoms with Crippen LogP contribution in [-0.4, -0.2) is 32.2 Å². The Bertz CT molecular complexity index is 75.0. The lowest BCUT2D eigenvalue weighted by atomic mass is 11.1. The van der Waals surface area contributed by atoms with E-state index >= 15 is 0 Å². The molecule has 3 heteroatoms. The van der Waals surface area contributed by atoms with Crippen molar-refractivity contribution in [3.05, 3.63) is 0 Å². The summed E-state index contributed by atoms with van der Waals surface area (Å²) in [6.45, 7) is 3.21. The number of aliphatic imine (C=N–C) groups is 1. The molecule has 0 bridgehead atoms. The molecular weight excluding hydrogens is 90.1 g/mol. The van der Waals surface area contributed by atoms with Gasteiger partial charge in [-0.05, 0) is 6.72 Å². The van der Waals surface area contributed by atoms with Gasteiger partial charge in [0.25, 0.3) is 0 Å². The summed E-state index contributed by atoms with van der Waals surface area (Å²) in [4.78, 5) is 3.39. The molecule has 0 radical (unpaired) electrons. The number of hydrogen-bond donors (Lipinski definition) is 0. The van der Waals surface area contributed by atoms with E-state index in [-0.39, 0.29) is 0 Å². The molecular formula is C4H9N3. The van der Waals surface area contributed by atoms with Crippen molar-refractivity contribution in [1.82, 2.24) is 5.01 Å². The number of hydrazone groups is 1. The molecule has 0 saturated carbocycles. The van der Waals surface area contributed by atoms with E-state index in [4.69, 9.17) is 0 Å². The highest BCUT2D eigenvalue weighted by molar-refractivity contribution is 5.61. The maximum absolute atomic E-state index is 3.72. The molecule has 0 aromatic carbocycles. The minimum atomic E-state index is 1.39. The average Bonchev–Trinajstić information content (AvgIpc) is 1.61. The van der Waals surface area contributed by atoms with Crippen LogP contribution in [0.15, 0.2) is 10.1 Å². The van der Waals surface area contributed by atoms with Gasteiger partial charge in [0.2, 0.25) is 0 Å². The Morgan fingerprint density at radius 3 is 2.29 bits per heavy atom. The van der Waals surface area contributed by atoms with Crippen LogP contribution < -0.4 is 0 Å². The molecule has 0 amide bonds. The van der Waals surface area contributed by atoms with E-state index < -0.39 is 0 Å². The molecule has 0 saturated heterocycles. The molecule has 0 aliphatic rings. The van der Waals surface area contributed by atoms with Crippen molar-refractivity contribution >= 4 is 13.1 Å². The van der Waals surface area contributed by atoms with E-state index in [0.717, 1.165) is 0 Å². The highest BCUT2D eigenvalue weighted by Gasteiger charge is 1.68. The first-order valence-corrected chi connectivity index (χ1v) is 1.93. The fourth-order valence-corrected chi connectivity index (χ4v) is 0.140. The lowest BCUT2D eigenvalue weighted by Gasteiger charge is -1.98. The molecule has 0 rings (SSSR count). The summed E-state index contributed by atoms with van der Waals surface area (Å²) in [5, 5.41) is 5.37. The molecule has 0 aromatic heterocycles. The van der Waals surface area contributed by atoms with Crippen LogP contribution in [0.5, 0.6) is 0 Å². The van der Waals surface area contributed by atoms with Crippen molar-refractivity contribution in [2.45, 2.75) is 0 Å². The second-order valence-corrected chi connectivity index (χ2v) is 1.26. The van der Waals surface area contributed by atoms with Gasteiger partial charge >= 0.3 is 0 Å². The molecule has 40 valence electrons. The van der Waals surface area contributed by atoms with E-state index in [0.29, 0.717) is 0 Å². The standard InChI is InChI=1S/C4H9N3/c1-5-4-6-7(2)3/h4H,1H2,2-3H3/b6-4-.